The van der Waals surface area contributed by atoms with Gasteiger partial charge in [-0.05, 0) is 0 Å². The van der Waals surface area contributed by atoms with E-state index in [0.29, 0.717) is 0 Å². The normalized spacial score (nSPS) is 9.17. The van der Waals surface area contributed by atoms with Gasteiger partial charge in [0.2, 0.25) is 0 Å². The van der Waals surface area contributed by atoms with Crippen molar-refractivity contribution in [3.05, 3.63) is 0 Å². The molecule has 0 atom stereocenters. The van der Waals surface area contributed by atoms with Gasteiger partial charge < -0.3 is 5.73 Å². The molecule has 0 aliphatic rings. The molecule has 0 aliphatic carbocycles. The predicted octanol–water partition coefficient (Wildman–Crippen LogP) is -0.535. The topological polar surface area (TPSA) is 49.0 Å². The Morgan fingerprint density at radius 3 is 1.83 bits per heavy atom. The van der Waals surface area contributed by atoms with Crippen molar-refractivity contribution in [3.8, 4) is 0 Å². The lowest BCUT2D eigenvalue weighted by atomic mass is 10.9. The van der Waals surface area contributed by atoms with Crippen LogP contribution in [-0.2, 0) is 0 Å². The van der Waals surface area contributed by atoms with Crippen molar-refractivity contribution in [1.29, 1.82) is 0 Å². The Hall–Kier alpha value is -0.570. The Morgan fingerprint density at radius 1 is 1.67 bits per heavy atom. The van der Waals surface area contributed by atoms with Crippen molar-refractivity contribution < 1.29 is 4.79 Å². The van der Waals surface area contributed by atoms with Crippen LogP contribution in [0.25, 0.3) is 0 Å². The summed E-state index contributed by atoms with van der Waals surface area (Å²) in [5, 5.41) is 0. The van der Waals surface area contributed by atoms with Crippen LogP contribution in [-0.4, -0.2) is 20.1 Å². The molecule has 35 valence electrons. The van der Waals surface area contributed by atoms with Crippen molar-refractivity contribution in [1.82, 2.24) is 4.90 Å². The van der Waals surface area contributed by atoms with Gasteiger partial charge in [-0.25, -0.2) is 4.79 Å². The predicted molar refractivity (Wildman–Crippen MR) is 23.6 cm³/mol. The third-order valence-electron chi connectivity index (χ3n) is 0.441. The average Bonchev–Trinajstić information content (AvgIpc) is 1.36. The highest BCUT2D eigenvalue weighted by Crippen LogP contribution is 1.60. The summed E-state index contributed by atoms with van der Waals surface area (Å²) >= 11 is 0. The van der Waals surface area contributed by atoms with E-state index in [-0.39, 0.29) is 0 Å². The molecule has 2 N–H and O–H groups in total. The Morgan fingerprint density at radius 2 is 1.83 bits per heavy atom. The van der Waals surface area contributed by atoms with Gasteiger partial charge in [0.25, 0.3) is 0 Å². The van der Waals surface area contributed by atoms with Gasteiger partial charge in [-0.1, -0.05) is 4.90 Å². The van der Waals surface area contributed by atoms with Crippen LogP contribution in [0.5, 0.6) is 0 Å². The monoisotopic (exact) mass is 88.1 g/mol. The summed E-state index contributed by atoms with van der Waals surface area (Å²) in [7, 11) is 3.20. The number of carbonyl (C=O) groups excluding carboxylic acids is 1. The fraction of sp³-hybridized carbons (Fsp3) is 0.667. The number of primary amides is 1. The number of hydrogen-bond acceptors (Lipinski definition) is 1. The summed E-state index contributed by atoms with van der Waals surface area (Å²) in [4.78, 5) is 11.2. The lowest BCUT2D eigenvalue weighted by Crippen LogP contribution is -2.33. The minimum Gasteiger partial charge on any atom is -0.315 e. The van der Waals surface area contributed by atoms with Gasteiger partial charge in [0, 0.05) is 0 Å². The minimum absolute atomic E-state index is 0.407. The summed E-state index contributed by atoms with van der Waals surface area (Å²) in [5.74, 6) is 0. The molecule has 0 aromatic heterocycles. The molecule has 0 unspecified atom stereocenters. The number of hydrogen-bond donors (Lipinski definition) is 1. The maximum atomic E-state index is 9.85. The van der Waals surface area contributed by atoms with E-state index in [1.54, 1.807) is 14.1 Å². The first-order chi connectivity index (χ1) is 2.64. The van der Waals surface area contributed by atoms with Gasteiger partial charge in [-0.3, -0.25) is 0 Å². The fourth-order valence-electron chi connectivity index (χ4n) is 0. The first-order valence-corrected chi connectivity index (χ1v) is 1.61. The van der Waals surface area contributed by atoms with Gasteiger partial charge in [0.1, 0.15) is 14.1 Å². The number of nitrogens with two attached hydrogens (primary N) is 1. The van der Waals surface area contributed by atoms with E-state index in [1.165, 1.54) is 4.90 Å². The molecule has 2 amide bonds. The lowest BCUT2D eigenvalue weighted by Gasteiger charge is -1.84. The lowest BCUT2D eigenvalue weighted by molar-refractivity contribution is 0.241. The van der Waals surface area contributed by atoms with Gasteiger partial charge in [-0.2, -0.15) is 0 Å². The van der Waals surface area contributed by atoms with Gasteiger partial charge in [0.15, 0.2) is 0 Å². The molecule has 3 nitrogen and oxygen atoms in total. The average molecular weight is 88.1 g/mol. The maximum absolute atomic E-state index is 9.85. The van der Waals surface area contributed by atoms with Crippen LogP contribution >= 0.6 is 0 Å². The summed E-state index contributed by atoms with van der Waals surface area (Å²) in [6, 6.07) is -0.407. The molecule has 3 heteroatoms. The standard InChI is InChI=1S/C3H8N2O/c1-5(2)3(4)6/h1-2H3,(H2,4,6)/q+1. The molecule has 0 fully saturated rings. The second kappa shape index (κ2) is 1.77. The molecule has 0 saturated carbocycles. The molecule has 0 aromatic rings. The Bertz CT molecular complexity index is 59.8. The molecule has 0 aromatic carbocycles. The maximum Gasteiger partial charge on any atom is 0.461 e. The molecule has 0 aliphatic heterocycles. The zero-order valence-corrected chi connectivity index (χ0v) is 3.93. The van der Waals surface area contributed by atoms with Crippen LogP contribution in [0.2, 0.25) is 0 Å². The highest BCUT2D eigenvalue weighted by Gasteiger charge is 2.04. The first kappa shape index (κ1) is 5.43. The number of amides is 2. The quantitative estimate of drug-likeness (QED) is 0.397. The molecule has 1 radical (unpaired) electrons. The molecule has 0 rings (SSSR count). The molecule has 0 saturated heterocycles. The molecule has 0 heterocycles. The highest BCUT2D eigenvalue weighted by atomic mass is 16.2. The van der Waals surface area contributed by atoms with E-state index in [9.17, 15) is 4.79 Å². The minimum atomic E-state index is -0.407. The van der Waals surface area contributed by atoms with Crippen LogP contribution in [0.1, 0.15) is 0 Å². The van der Waals surface area contributed by atoms with Crippen LogP contribution in [0.4, 0.5) is 4.79 Å². The third-order valence-corrected chi connectivity index (χ3v) is 0.441. The second-order valence-corrected chi connectivity index (χ2v) is 1.23. The largest absolute Gasteiger partial charge is 0.461 e. The zero-order valence-electron chi connectivity index (χ0n) is 3.93. The summed E-state index contributed by atoms with van der Waals surface area (Å²) < 4.78 is 0. The number of carbonyl (C=O) groups is 1. The van der Waals surface area contributed by atoms with Crippen LogP contribution in [0, 0.1) is 0 Å². The summed E-state index contributed by atoms with van der Waals surface area (Å²) in [5.41, 5.74) is 4.72. The summed E-state index contributed by atoms with van der Waals surface area (Å²) in [6.07, 6.45) is 0. The molecule has 6 heavy (non-hydrogen) atoms. The van der Waals surface area contributed by atoms with Crippen molar-refractivity contribution >= 4 is 6.03 Å². The van der Waals surface area contributed by atoms with Gasteiger partial charge in [0.05, 0.1) is 0 Å². The van der Waals surface area contributed by atoms with Crippen LogP contribution < -0.4 is 10.6 Å². The molecule has 0 spiro atoms. The van der Waals surface area contributed by atoms with Gasteiger partial charge in [-0.15, -0.1) is 0 Å². The zero-order chi connectivity index (χ0) is 5.15. The molecular weight excluding hydrogens is 80.0 g/mol. The highest BCUT2D eigenvalue weighted by molar-refractivity contribution is 5.73. The first-order valence-electron chi connectivity index (χ1n) is 1.61. The van der Waals surface area contributed by atoms with Gasteiger partial charge >= 0.3 is 6.03 Å². The number of nitrogens with zero attached hydrogens (tertiary/aromatic N) is 1. The van der Waals surface area contributed by atoms with E-state index in [4.69, 9.17) is 5.73 Å². The Balaban J connectivity index is 3.26. The molecular formula is C3H8N2O+. The summed E-state index contributed by atoms with van der Waals surface area (Å²) in [6.45, 7) is 0. The third kappa shape index (κ3) is 1.72. The van der Waals surface area contributed by atoms with E-state index in [2.05, 4.69) is 0 Å². The van der Waals surface area contributed by atoms with E-state index >= 15 is 0 Å². The SMILES string of the molecule is C[N+](C)C(N)=O. The van der Waals surface area contributed by atoms with E-state index < -0.39 is 6.03 Å². The van der Waals surface area contributed by atoms with Crippen molar-refractivity contribution in [2.75, 3.05) is 14.1 Å². The second-order valence-electron chi connectivity index (χ2n) is 1.23. The van der Waals surface area contributed by atoms with Crippen molar-refractivity contribution in [2.45, 2.75) is 0 Å². The fourth-order valence-corrected chi connectivity index (χ4v) is 0. The van der Waals surface area contributed by atoms with Crippen LogP contribution in [0.3, 0.4) is 0 Å². The van der Waals surface area contributed by atoms with Crippen molar-refractivity contribution in [3.63, 3.8) is 0 Å². The van der Waals surface area contributed by atoms with Crippen molar-refractivity contribution in [2.24, 2.45) is 5.73 Å². The van der Waals surface area contributed by atoms with E-state index in [1.807, 2.05) is 0 Å². The van der Waals surface area contributed by atoms with Crippen LogP contribution in [0.15, 0.2) is 0 Å². The number of rotatable bonds is 0. The van der Waals surface area contributed by atoms with E-state index in [0.717, 1.165) is 0 Å². The Kier molecular flexibility index (Phi) is 1.60. The molecule has 0 bridgehead atoms. The smallest absolute Gasteiger partial charge is 0.315 e. The Labute approximate surface area is 36.7 Å². The number of urea groups is 1.